The molecule has 1 saturated heterocycles. The summed E-state index contributed by atoms with van der Waals surface area (Å²) >= 11 is 0. The Morgan fingerprint density at radius 2 is 1.70 bits per heavy atom. The number of piperazine rings is 1. The lowest BCUT2D eigenvalue weighted by atomic mass is 10.2. The minimum Gasteiger partial charge on any atom is -0.349 e. The number of guanidine groups is 1. The maximum Gasteiger partial charge on any atom is 0.225 e. The average Bonchev–Trinajstić information content (AvgIpc) is 3.23. The number of aliphatic imine (C=N–C) groups is 1. The fraction of sp³-hybridized carbons (Fsp3) is 0.333. The summed E-state index contributed by atoms with van der Waals surface area (Å²) < 4.78 is 2.17. The molecule has 0 atom stereocenters. The van der Waals surface area contributed by atoms with Gasteiger partial charge in [0.05, 0.1) is 6.54 Å². The molecule has 3 aromatic rings. The number of benzene rings is 1. The first-order valence-electron chi connectivity index (χ1n) is 9.85. The highest BCUT2D eigenvalue weighted by Gasteiger charge is 2.21. The molecular formula is C21H27IN8. The number of rotatable bonds is 5. The molecule has 1 aromatic carbocycles. The van der Waals surface area contributed by atoms with Crippen LogP contribution in [0.25, 0.3) is 0 Å². The summed E-state index contributed by atoms with van der Waals surface area (Å²) in [6.07, 6.45) is 7.44. The Bertz CT molecular complexity index is 920. The molecule has 158 valence electrons. The summed E-state index contributed by atoms with van der Waals surface area (Å²) in [7, 11) is 1.82. The predicted octanol–water partition coefficient (Wildman–Crippen LogP) is 2.24. The van der Waals surface area contributed by atoms with Crippen LogP contribution in [0, 0.1) is 0 Å². The first-order valence-corrected chi connectivity index (χ1v) is 9.85. The zero-order valence-electron chi connectivity index (χ0n) is 17.1. The molecular weight excluding hydrogens is 491 g/mol. The Morgan fingerprint density at radius 3 is 2.40 bits per heavy atom. The fourth-order valence-electron chi connectivity index (χ4n) is 3.49. The molecule has 0 unspecified atom stereocenters. The Balaban J connectivity index is 0.00000256. The number of hydrogen-bond acceptors (Lipinski definition) is 5. The minimum atomic E-state index is 0. The van der Waals surface area contributed by atoms with E-state index in [0.29, 0.717) is 6.54 Å². The maximum atomic E-state index is 4.52. The quantitative estimate of drug-likeness (QED) is 0.318. The van der Waals surface area contributed by atoms with Crippen molar-refractivity contribution in [3.63, 3.8) is 0 Å². The number of aromatic nitrogens is 4. The second-order valence-electron chi connectivity index (χ2n) is 6.88. The highest BCUT2D eigenvalue weighted by molar-refractivity contribution is 14.0. The van der Waals surface area contributed by atoms with Crippen molar-refractivity contribution >= 4 is 35.9 Å². The van der Waals surface area contributed by atoms with Crippen LogP contribution in [0.3, 0.4) is 0 Å². The van der Waals surface area contributed by atoms with E-state index in [2.05, 4.69) is 63.9 Å². The molecule has 2 aromatic heterocycles. The largest absolute Gasteiger partial charge is 0.349 e. The van der Waals surface area contributed by atoms with Crippen molar-refractivity contribution in [2.75, 3.05) is 38.1 Å². The van der Waals surface area contributed by atoms with Gasteiger partial charge < -0.3 is 19.7 Å². The molecule has 9 heteroatoms. The van der Waals surface area contributed by atoms with E-state index in [1.807, 2.05) is 31.6 Å². The molecule has 0 saturated carbocycles. The van der Waals surface area contributed by atoms with Crippen molar-refractivity contribution in [2.45, 2.75) is 13.1 Å². The van der Waals surface area contributed by atoms with Gasteiger partial charge >= 0.3 is 0 Å². The molecule has 1 aliphatic heterocycles. The summed E-state index contributed by atoms with van der Waals surface area (Å²) in [6, 6.07) is 12.3. The third-order valence-corrected chi connectivity index (χ3v) is 5.03. The van der Waals surface area contributed by atoms with Crippen LogP contribution in [0.15, 0.2) is 66.2 Å². The third kappa shape index (κ3) is 5.47. The second-order valence-corrected chi connectivity index (χ2v) is 6.88. The molecule has 1 fully saturated rings. The van der Waals surface area contributed by atoms with Crippen LogP contribution in [0.1, 0.15) is 11.4 Å². The average molecular weight is 518 g/mol. The summed E-state index contributed by atoms with van der Waals surface area (Å²) in [6.45, 7) is 4.92. The van der Waals surface area contributed by atoms with Gasteiger partial charge in [-0.1, -0.05) is 30.3 Å². The van der Waals surface area contributed by atoms with E-state index in [-0.39, 0.29) is 24.0 Å². The Labute approximate surface area is 194 Å². The van der Waals surface area contributed by atoms with Crippen LogP contribution >= 0.6 is 24.0 Å². The Morgan fingerprint density at radius 1 is 0.967 bits per heavy atom. The lowest BCUT2D eigenvalue weighted by Gasteiger charge is -2.36. The predicted molar refractivity (Wildman–Crippen MR) is 129 cm³/mol. The summed E-state index contributed by atoms with van der Waals surface area (Å²) in [5.41, 5.74) is 1.26. The maximum absolute atomic E-state index is 4.52. The van der Waals surface area contributed by atoms with Gasteiger partial charge in [0.2, 0.25) is 5.95 Å². The number of nitrogens with one attached hydrogen (secondary N) is 1. The van der Waals surface area contributed by atoms with Crippen LogP contribution in [-0.2, 0) is 13.1 Å². The van der Waals surface area contributed by atoms with Gasteiger partial charge in [0.25, 0.3) is 0 Å². The highest BCUT2D eigenvalue weighted by Crippen LogP contribution is 2.10. The van der Waals surface area contributed by atoms with Gasteiger partial charge in [0.15, 0.2) is 5.96 Å². The first kappa shape index (κ1) is 22.0. The van der Waals surface area contributed by atoms with Crippen LogP contribution in [0.5, 0.6) is 0 Å². The summed E-state index contributed by atoms with van der Waals surface area (Å²) in [5.74, 6) is 2.68. The molecule has 0 amide bonds. The summed E-state index contributed by atoms with van der Waals surface area (Å²) in [5, 5.41) is 3.47. The normalized spacial score (nSPS) is 14.4. The van der Waals surface area contributed by atoms with Gasteiger partial charge in [-0.05, 0) is 11.6 Å². The lowest BCUT2D eigenvalue weighted by Crippen LogP contribution is -2.52. The number of anilines is 1. The Hall–Kier alpha value is -2.69. The first-order chi connectivity index (χ1) is 14.3. The van der Waals surface area contributed by atoms with Crippen LogP contribution in [-0.4, -0.2) is 63.6 Å². The monoisotopic (exact) mass is 518 g/mol. The van der Waals surface area contributed by atoms with E-state index in [4.69, 9.17) is 0 Å². The molecule has 1 aliphatic rings. The molecule has 0 aliphatic carbocycles. The standard InChI is InChI=1S/C21H26N8.HI/c1-22-20(27-12-14-28(15-13-27)21-24-8-5-9-25-21)26-16-19-23-10-11-29(19)17-18-6-3-2-4-7-18;/h2-11H,12-17H2,1H3,(H,22,26);1H. The van der Waals surface area contributed by atoms with E-state index in [1.54, 1.807) is 12.4 Å². The van der Waals surface area contributed by atoms with Crippen LogP contribution in [0.2, 0.25) is 0 Å². The zero-order valence-corrected chi connectivity index (χ0v) is 19.4. The second kappa shape index (κ2) is 10.9. The number of hydrogen-bond donors (Lipinski definition) is 1. The van der Waals surface area contributed by atoms with Crippen molar-refractivity contribution < 1.29 is 0 Å². The van der Waals surface area contributed by atoms with Crippen molar-refractivity contribution in [1.29, 1.82) is 0 Å². The van der Waals surface area contributed by atoms with Gasteiger partial charge in [0.1, 0.15) is 5.82 Å². The van der Waals surface area contributed by atoms with Gasteiger partial charge in [-0.3, -0.25) is 4.99 Å². The molecule has 4 rings (SSSR count). The lowest BCUT2D eigenvalue weighted by molar-refractivity contribution is 0.369. The van der Waals surface area contributed by atoms with Gasteiger partial charge in [-0.2, -0.15) is 0 Å². The van der Waals surface area contributed by atoms with E-state index < -0.39 is 0 Å². The molecule has 0 radical (unpaired) electrons. The molecule has 8 nitrogen and oxygen atoms in total. The van der Waals surface area contributed by atoms with E-state index in [1.165, 1.54) is 5.56 Å². The SMILES string of the molecule is CN=C(NCc1nccn1Cc1ccccc1)N1CCN(c2ncccn2)CC1.I. The molecule has 30 heavy (non-hydrogen) atoms. The van der Waals surface area contributed by atoms with Crippen molar-refractivity contribution in [2.24, 2.45) is 4.99 Å². The summed E-state index contributed by atoms with van der Waals surface area (Å²) in [4.78, 5) is 22.1. The van der Waals surface area contributed by atoms with Gasteiger partial charge in [-0.15, -0.1) is 24.0 Å². The zero-order chi connectivity index (χ0) is 19.9. The van der Waals surface area contributed by atoms with Crippen LogP contribution in [0.4, 0.5) is 5.95 Å². The van der Waals surface area contributed by atoms with E-state index in [0.717, 1.165) is 50.5 Å². The van der Waals surface area contributed by atoms with Crippen LogP contribution < -0.4 is 10.2 Å². The molecule has 0 spiro atoms. The van der Waals surface area contributed by atoms with Crippen molar-refractivity contribution in [1.82, 2.24) is 29.7 Å². The number of nitrogens with zero attached hydrogens (tertiary/aromatic N) is 7. The van der Waals surface area contributed by atoms with Crippen molar-refractivity contribution in [3.8, 4) is 0 Å². The van der Waals surface area contributed by atoms with E-state index in [9.17, 15) is 0 Å². The fourth-order valence-corrected chi connectivity index (χ4v) is 3.49. The number of halogens is 1. The molecule has 3 heterocycles. The Kier molecular flexibility index (Phi) is 8.00. The van der Waals surface area contributed by atoms with Gasteiger partial charge in [-0.25, -0.2) is 15.0 Å². The topological polar surface area (TPSA) is 74.5 Å². The third-order valence-electron chi connectivity index (χ3n) is 5.03. The smallest absolute Gasteiger partial charge is 0.225 e. The minimum absolute atomic E-state index is 0. The van der Waals surface area contributed by atoms with Gasteiger partial charge in [0, 0.05) is 64.6 Å². The van der Waals surface area contributed by atoms with E-state index >= 15 is 0 Å². The molecule has 1 N–H and O–H groups in total. The van der Waals surface area contributed by atoms with Crippen molar-refractivity contribution in [3.05, 3.63) is 72.6 Å². The molecule has 0 bridgehead atoms. The highest BCUT2D eigenvalue weighted by atomic mass is 127. The number of imidazole rings is 1.